The Balaban J connectivity index is 1.85. The SMILES string of the molecule is O=C1N(Cc2ccccc2)c2cc(Cl)cc(Cl)c2S(=O)(=O)N1Cc1cccc(Br)c1. The van der Waals surface area contributed by atoms with Gasteiger partial charge < -0.3 is 0 Å². The fourth-order valence-corrected chi connectivity index (χ4v) is 6.13. The lowest BCUT2D eigenvalue weighted by Crippen LogP contribution is -2.50. The number of amides is 2. The van der Waals surface area contributed by atoms with Gasteiger partial charge in [0.1, 0.15) is 4.90 Å². The Morgan fingerprint density at radius 1 is 0.867 bits per heavy atom. The first kappa shape index (κ1) is 21.2. The number of carbonyl (C=O) groups is 1. The minimum atomic E-state index is -4.18. The van der Waals surface area contributed by atoms with Gasteiger partial charge in [0, 0.05) is 9.50 Å². The average Bonchev–Trinajstić information content (AvgIpc) is 2.69. The molecule has 0 atom stereocenters. The van der Waals surface area contributed by atoms with Gasteiger partial charge in [-0.05, 0) is 35.4 Å². The van der Waals surface area contributed by atoms with E-state index in [1.165, 1.54) is 17.0 Å². The van der Waals surface area contributed by atoms with Crippen LogP contribution in [0.3, 0.4) is 0 Å². The van der Waals surface area contributed by atoms with Crippen molar-refractivity contribution in [2.45, 2.75) is 18.0 Å². The fraction of sp³-hybridized carbons (Fsp3) is 0.0952. The van der Waals surface area contributed by atoms with Crippen LogP contribution in [-0.4, -0.2) is 18.8 Å². The third-order valence-corrected chi connectivity index (χ3v) is 7.60. The molecule has 0 aromatic heterocycles. The van der Waals surface area contributed by atoms with Crippen LogP contribution in [0.5, 0.6) is 0 Å². The molecule has 154 valence electrons. The molecule has 4 rings (SSSR count). The molecular formula is C21H15BrCl2N2O3S. The topological polar surface area (TPSA) is 57.7 Å². The van der Waals surface area contributed by atoms with E-state index in [0.29, 0.717) is 5.56 Å². The van der Waals surface area contributed by atoms with Crippen LogP contribution >= 0.6 is 39.1 Å². The summed E-state index contributed by atoms with van der Waals surface area (Å²) in [6.07, 6.45) is 0. The Bertz CT molecular complexity index is 1240. The van der Waals surface area contributed by atoms with Crippen molar-refractivity contribution in [3.8, 4) is 0 Å². The summed E-state index contributed by atoms with van der Waals surface area (Å²) in [5, 5.41) is 0.225. The molecule has 2 amide bonds. The third kappa shape index (κ3) is 3.95. The van der Waals surface area contributed by atoms with Gasteiger partial charge in [0.05, 0.1) is 23.8 Å². The van der Waals surface area contributed by atoms with Gasteiger partial charge in [-0.25, -0.2) is 17.5 Å². The fourth-order valence-electron chi connectivity index (χ4n) is 3.33. The van der Waals surface area contributed by atoms with E-state index in [4.69, 9.17) is 23.2 Å². The molecule has 0 radical (unpaired) electrons. The van der Waals surface area contributed by atoms with Gasteiger partial charge in [-0.15, -0.1) is 0 Å². The Morgan fingerprint density at radius 2 is 1.57 bits per heavy atom. The van der Waals surface area contributed by atoms with E-state index in [9.17, 15) is 13.2 Å². The highest BCUT2D eigenvalue weighted by Gasteiger charge is 2.43. The lowest BCUT2D eigenvalue weighted by molar-refractivity contribution is 0.226. The smallest absolute Gasteiger partial charge is 0.288 e. The van der Waals surface area contributed by atoms with Crippen LogP contribution < -0.4 is 4.90 Å². The summed E-state index contributed by atoms with van der Waals surface area (Å²) in [5.41, 5.74) is 1.68. The number of fused-ring (bicyclic) bond motifs is 1. The van der Waals surface area contributed by atoms with E-state index in [1.807, 2.05) is 36.4 Å². The standard InChI is InChI=1S/C21H15BrCl2N2O3S/c22-16-8-4-7-15(9-16)13-26-21(27)25(12-14-5-2-1-3-6-14)19-11-17(23)10-18(24)20(19)30(26,28)29/h1-11H,12-13H2. The summed E-state index contributed by atoms with van der Waals surface area (Å²) in [6.45, 7) is 0.0537. The number of nitrogens with zero attached hydrogens (tertiary/aromatic N) is 2. The molecule has 9 heteroatoms. The van der Waals surface area contributed by atoms with Crippen LogP contribution in [0.15, 0.2) is 76.1 Å². The van der Waals surface area contributed by atoms with Gasteiger partial charge >= 0.3 is 6.03 Å². The monoisotopic (exact) mass is 524 g/mol. The minimum Gasteiger partial charge on any atom is -0.288 e. The van der Waals surface area contributed by atoms with Gasteiger partial charge in [0.2, 0.25) is 0 Å². The second-order valence-electron chi connectivity index (χ2n) is 6.73. The van der Waals surface area contributed by atoms with Crippen molar-refractivity contribution >= 4 is 60.9 Å². The average molecular weight is 526 g/mol. The molecule has 1 aliphatic heterocycles. The van der Waals surface area contributed by atoms with Crippen molar-refractivity contribution < 1.29 is 13.2 Å². The molecular weight excluding hydrogens is 511 g/mol. The number of carbonyl (C=O) groups excluding carboxylic acids is 1. The van der Waals surface area contributed by atoms with Crippen LogP contribution in [-0.2, 0) is 23.1 Å². The number of halogens is 3. The molecule has 0 N–H and O–H groups in total. The quantitative estimate of drug-likeness (QED) is 0.414. The molecule has 3 aromatic rings. The van der Waals surface area contributed by atoms with Crippen molar-refractivity contribution in [1.29, 1.82) is 0 Å². The van der Waals surface area contributed by atoms with Gasteiger partial charge in [-0.2, -0.15) is 0 Å². The van der Waals surface area contributed by atoms with E-state index in [0.717, 1.165) is 14.3 Å². The van der Waals surface area contributed by atoms with Gasteiger partial charge in [0.15, 0.2) is 0 Å². The van der Waals surface area contributed by atoms with E-state index >= 15 is 0 Å². The molecule has 0 bridgehead atoms. The molecule has 0 unspecified atom stereocenters. The Hall–Kier alpha value is -2.06. The molecule has 0 aliphatic carbocycles. The van der Waals surface area contributed by atoms with Gasteiger partial charge in [-0.1, -0.05) is 81.6 Å². The first-order chi connectivity index (χ1) is 14.3. The predicted molar refractivity (Wildman–Crippen MR) is 121 cm³/mol. The lowest BCUT2D eigenvalue weighted by atomic mass is 10.2. The number of urea groups is 1. The Labute approximate surface area is 193 Å². The third-order valence-electron chi connectivity index (χ3n) is 4.67. The van der Waals surface area contributed by atoms with Crippen LogP contribution in [0.25, 0.3) is 0 Å². The number of rotatable bonds is 4. The zero-order valence-electron chi connectivity index (χ0n) is 15.4. The maximum Gasteiger partial charge on any atom is 0.339 e. The molecule has 3 aromatic carbocycles. The van der Waals surface area contributed by atoms with Crippen molar-refractivity contribution in [2.24, 2.45) is 0 Å². The summed E-state index contributed by atoms with van der Waals surface area (Å²) < 4.78 is 28.4. The number of sulfonamides is 1. The van der Waals surface area contributed by atoms with E-state index in [2.05, 4.69) is 15.9 Å². The largest absolute Gasteiger partial charge is 0.339 e. The van der Waals surface area contributed by atoms with Crippen LogP contribution in [0.2, 0.25) is 10.0 Å². The summed E-state index contributed by atoms with van der Waals surface area (Å²) in [5.74, 6) is 0. The predicted octanol–water partition coefficient (Wildman–Crippen LogP) is 6.09. The summed E-state index contributed by atoms with van der Waals surface area (Å²) in [6, 6.07) is 18.6. The second kappa shape index (κ2) is 8.23. The molecule has 30 heavy (non-hydrogen) atoms. The van der Waals surface area contributed by atoms with Gasteiger partial charge in [-0.3, -0.25) is 4.90 Å². The van der Waals surface area contributed by atoms with Crippen molar-refractivity contribution in [3.63, 3.8) is 0 Å². The summed E-state index contributed by atoms with van der Waals surface area (Å²) in [7, 11) is -4.18. The van der Waals surface area contributed by atoms with Crippen molar-refractivity contribution in [2.75, 3.05) is 4.90 Å². The molecule has 0 fully saturated rings. The lowest BCUT2D eigenvalue weighted by Gasteiger charge is -2.37. The zero-order chi connectivity index (χ0) is 21.5. The summed E-state index contributed by atoms with van der Waals surface area (Å²) >= 11 is 15.8. The highest BCUT2D eigenvalue weighted by Crippen LogP contribution is 2.42. The van der Waals surface area contributed by atoms with E-state index in [-0.39, 0.29) is 33.7 Å². The number of anilines is 1. The van der Waals surface area contributed by atoms with Crippen molar-refractivity contribution in [1.82, 2.24) is 4.31 Å². The normalized spacial score (nSPS) is 15.2. The van der Waals surface area contributed by atoms with Crippen LogP contribution in [0, 0.1) is 0 Å². The molecule has 0 saturated heterocycles. The van der Waals surface area contributed by atoms with E-state index in [1.54, 1.807) is 18.2 Å². The first-order valence-corrected chi connectivity index (χ1v) is 11.9. The maximum atomic E-state index is 13.4. The van der Waals surface area contributed by atoms with E-state index < -0.39 is 16.1 Å². The van der Waals surface area contributed by atoms with Crippen LogP contribution in [0.4, 0.5) is 10.5 Å². The second-order valence-corrected chi connectivity index (χ2v) is 10.3. The molecule has 0 saturated carbocycles. The molecule has 1 aliphatic rings. The summed E-state index contributed by atoms with van der Waals surface area (Å²) in [4.78, 5) is 14.7. The Morgan fingerprint density at radius 3 is 2.27 bits per heavy atom. The molecule has 1 heterocycles. The first-order valence-electron chi connectivity index (χ1n) is 8.89. The Kier molecular flexibility index (Phi) is 5.81. The number of benzene rings is 3. The van der Waals surface area contributed by atoms with Crippen LogP contribution in [0.1, 0.15) is 11.1 Å². The maximum absolute atomic E-state index is 13.4. The molecule has 0 spiro atoms. The number of hydrogen-bond donors (Lipinski definition) is 0. The van der Waals surface area contributed by atoms with Gasteiger partial charge in [0.25, 0.3) is 10.0 Å². The number of hydrogen-bond acceptors (Lipinski definition) is 3. The zero-order valence-corrected chi connectivity index (χ0v) is 19.3. The highest BCUT2D eigenvalue weighted by molar-refractivity contribution is 9.10. The molecule has 5 nitrogen and oxygen atoms in total. The van der Waals surface area contributed by atoms with Crippen molar-refractivity contribution in [3.05, 3.63) is 92.4 Å². The highest BCUT2D eigenvalue weighted by atomic mass is 79.9. The minimum absolute atomic E-state index is 0.0256.